The van der Waals surface area contributed by atoms with Gasteiger partial charge in [-0.3, -0.25) is 14.9 Å². The Balaban J connectivity index is 1.83. The summed E-state index contributed by atoms with van der Waals surface area (Å²) in [7, 11) is 0. The Labute approximate surface area is 136 Å². The van der Waals surface area contributed by atoms with Gasteiger partial charge in [-0.15, -0.1) is 0 Å². The van der Waals surface area contributed by atoms with Crippen LogP contribution < -0.4 is 10.1 Å². The van der Waals surface area contributed by atoms with Crippen LogP contribution in [0.1, 0.15) is 11.1 Å². The minimum absolute atomic E-state index is 0.0368. The zero-order chi connectivity index (χ0) is 17.5. The summed E-state index contributed by atoms with van der Waals surface area (Å²) in [6.07, 6.45) is 0.0879. The Morgan fingerprint density at radius 1 is 1.08 bits per heavy atom. The van der Waals surface area contributed by atoms with Crippen LogP contribution in [0.3, 0.4) is 0 Å². The van der Waals surface area contributed by atoms with Crippen molar-refractivity contribution < 1.29 is 23.2 Å². The third-order valence-electron chi connectivity index (χ3n) is 3.15. The van der Waals surface area contributed by atoms with Crippen molar-refractivity contribution >= 4 is 11.6 Å². The summed E-state index contributed by atoms with van der Waals surface area (Å²) in [5.74, 6) is -0.206. The molecule has 2 rings (SSSR count). The van der Waals surface area contributed by atoms with Crippen LogP contribution >= 0.6 is 0 Å². The van der Waals surface area contributed by atoms with E-state index < -0.39 is 11.5 Å². The van der Waals surface area contributed by atoms with Crippen LogP contribution in [0.4, 0.5) is 14.5 Å². The number of hydrogen-bond donors (Lipinski definition) is 1. The molecule has 2 aromatic rings. The molecular formula is C16H14F2N2O4. The molecule has 0 saturated carbocycles. The van der Waals surface area contributed by atoms with Gasteiger partial charge in [0.2, 0.25) is 5.91 Å². The number of hydrogen-bond acceptors (Lipinski definition) is 4. The standard InChI is InChI=1S/C16H14F2N2O4/c17-16(18)24-14-7-3-12(4-8-14)10-19-15(21)9-11-1-5-13(6-2-11)20(22)23/h1-8,16H,9-10H2,(H,19,21). The van der Waals surface area contributed by atoms with Gasteiger partial charge >= 0.3 is 6.61 Å². The monoisotopic (exact) mass is 336 g/mol. The Bertz CT molecular complexity index is 703. The molecule has 24 heavy (non-hydrogen) atoms. The second kappa shape index (κ2) is 8.00. The lowest BCUT2D eigenvalue weighted by Gasteiger charge is -2.07. The molecule has 0 saturated heterocycles. The van der Waals surface area contributed by atoms with Crippen molar-refractivity contribution in [3.8, 4) is 5.75 Å². The van der Waals surface area contributed by atoms with Gasteiger partial charge < -0.3 is 10.1 Å². The molecule has 0 radical (unpaired) electrons. The SMILES string of the molecule is O=C(Cc1ccc([N+](=O)[O-])cc1)NCc1ccc(OC(F)F)cc1. The average molecular weight is 336 g/mol. The summed E-state index contributed by atoms with van der Waals surface area (Å²) >= 11 is 0. The fraction of sp³-hybridized carbons (Fsp3) is 0.188. The maximum atomic E-state index is 12.0. The summed E-state index contributed by atoms with van der Waals surface area (Å²) in [5.41, 5.74) is 1.35. The molecular weight excluding hydrogens is 322 g/mol. The van der Waals surface area contributed by atoms with Gasteiger partial charge in [0, 0.05) is 18.7 Å². The topological polar surface area (TPSA) is 81.5 Å². The zero-order valence-corrected chi connectivity index (χ0v) is 12.4. The van der Waals surface area contributed by atoms with Crippen LogP contribution in [-0.4, -0.2) is 17.4 Å². The minimum Gasteiger partial charge on any atom is -0.435 e. The number of non-ortho nitro benzene ring substituents is 1. The van der Waals surface area contributed by atoms with E-state index >= 15 is 0 Å². The summed E-state index contributed by atoms with van der Waals surface area (Å²) in [6, 6.07) is 11.7. The molecule has 126 valence electrons. The first kappa shape index (κ1) is 17.3. The minimum atomic E-state index is -2.88. The molecule has 0 fully saturated rings. The molecule has 2 aromatic carbocycles. The van der Waals surface area contributed by atoms with Crippen LogP contribution in [0.25, 0.3) is 0 Å². The van der Waals surface area contributed by atoms with Gasteiger partial charge in [0.25, 0.3) is 5.69 Å². The fourth-order valence-corrected chi connectivity index (χ4v) is 1.97. The van der Waals surface area contributed by atoms with Crippen molar-refractivity contribution in [1.82, 2.24) is 5.32 Å². The maximum absolute atomic E-state index is 12.0. The highest BCUT2D eigenvalue weighted by atomic mass is 19.3. The van der Waals surface area contributed by atoms with E-state index in [2.05, 4.69) is 10.1 Å². The summed E-state index contributed by atoms with van der Waals surface area (Å²) in [5, 5.41) is 13.2. The molecule has 0 aliphatic rings. The third kappa shape index (κ3) is 5.31. The van der Waals surface area contributed by atoms with Crippen molar-refractivity contribution in [2.45, 2.75) is 19.6 Å². The van der Waals surface area contributed by atoms with E-state index in [1.165, 1.54) is 36.4 Å². The molecule has 0 aromatic heterocycles. The number of nitrogens with zero attached hydrogens (tertiary/aromatic N) is 1. The normalized spacial score (nSPS) is 10.5. The molecule has 0 aliphatic carbocycles. The molecule has 8 heteroatoms. The number of ether oxygens (including phenoxy) is 1. The molecule has 0 aliphatic heterocycles. The highest BCUT2D eigenvalue weighted by Gasteiger charge is 2.08. The van der Waals surface area contributed by atoms with Crippen molar-refractivity contribution in [2.24, 2.45) is 0 Å². The molecule has 0 bridgehead atoms. The number of carbonyl (C=O) groups is 1. The van der Waals surface area contributed by atoms with Gasteiger partial charge in [-0.1, -0.05) is 24.3 Å². The van der Waals surface area contributed by atoms with Gasteiger partial charge in [0.05, 0.1) is 11.3 Å². The Morgan fingerprint density at radius 3 is 2.21 bits per heavy atom. The number of amides is 1. The Morgan fingerprint density at radius 2 is 1.67 bits per heavy atom. The molecule has 1 amide bonds. The maximum Gasteiger partial charge on any atom is 0.387 e. The average Bonchev–Trinajstić information content (AvgIpc) is 2.54. The lowest BCUT2D eigenvalue weighted by Crippen LogP contribution is -2.24. The molecule has 0 spiro atoms. The second-order valence-corrected chi connectivity index (χ2v) is 4.90. The third-order valence-corrected chi connectivity index (χ3v) is 3.15. The number of nitro benzene ring substituents is 1. The van der Waals surface area contributed by atoms with Gasteiger partial charge in [-0.25, -0.2) is 0 Å². The van der Waals surface area contributed by atoms with E-state index in [1.54, 1.807) is 12.1 Å². The molecule has 0 heterocycles. The van der Waals surface area contributed by atoms with E-state index in [0.717, 1.165) is 5.56 Å². The number of rotatable bonds is 7. The molecule has 1 N–H and O–H groups in total. The smallest absolute Gasteiger partial charge is 0.387 e. The van der Waals surface area contributed by atoms with Gasteiger partial charge in [-0.2, -0.15) is 8.78 Å². The molecule has 0 atom stereocenters. The number of alkyl halides is 2. The number of carbonyl (C=O) groups excluding carboxylic acids is 1. The number of nitrogens with one attached hydrogen (secondary N) is 1. The number of halogens is 2. The van der Waals surface area contributed by atoms with Crippen molar-refractivity contribution in [2.75, 3.05) is 0 Å². The van der Waals surface area contributed by atoms with E-state index in [1.807, 2.05) is 0 Å². The van der Waals surface area contributed by atoms with E-state index in [-0.39, 0.29) is 30.3 Å². The first-order valence-electron chi connectivity index (χ1n) is 6.98. The predicted octanol–water partition coefficient (Wildman–Crippen LogP) is 3.06. The Hall–Kier alpha value is -3.03. The number of nitro groups is 1. The lowest BCUT2D eigenvalue weighted by atomic mass is 10.1. The van der Waals surface area contributed by atoms with Crippen molar-refractivity contribution in [1.29, 1.82) is 0 Å². The van der Waals surface area contributed by atoms with Crippen LogP contribution in [0.15, 0.2) is 48.5 Å². The van der Waals surface area contributed by atoms with Crippen LogP contribution in [-0.2, 0) is 17.8 Å². The summed E-state index contributed by atoms with van der Waals surface area (Å²) in [6.45, 7) is -2.64. The quantitative estimate of drug-likeness (QED) is 0.622. The van der Waals surface area contributed by atoms with Gasteiger partial charge in [-0.05, 0) is 23.3 Å². The number of benzene rings is 2. The van der Waals surface area contributed by atoms with E-state index in [9.17, 15) is 23.7 Å². The van der Waals surface area contributed by atoms with Crippen molar-refractivity contribution in [3.05, 3.63) is 69.8 Å². The van der Waals surface area contributed by atoms with Crippen LogP contribution in [0.2, 0.25) is 0 Å². The van der Waals surface area contributed by atoms with E-state index in [0.29, 0.717) is 5.56 Å². The zero-order valence-electron chi connectivity index (χ0n) is 12.4. The molecule has 0 unspecified atom stereocenters. The second-order valence-electron chi connectivity index (χ2n) is 4.90. The fourth-order valence-electron chi connectivity index (χ4n) is 1.97. The van der Waals surface area contributed by atoms with Gasteiger partial charge in [0.15, 0.2) is 0 Å². The highest BCUT2D eigenvalue weighted by Crippen LogP contribution is 2.15. The predicted molar refractivity (Wildman–Crippen MR) is 81.7 cm³/mol. The summed E-state index contributed by atoms with van der Waals surface area (Å²) in [4.78, 5) is 21.9. The van der Waals surface area contributed by atoms with E-state index in [4.69, 9.17) is 0 Å². The first-order chi connectivity index (χ1) is 11.4. The first-order valence-corrected chi connectivity index (χ1v) is 6.98. The van der Waals surface area contributed by atoms with Crippen LogP contribution in [0, 0.1) is 10.1 Å². The molecule has 6 nitrogen and oxygen atoms in total. The van der Waals surface area contributed by atoms with Crippen LogP contribution in [0.5, 0.6) is 5.75 Å². The summed E-state index contributed by atoms with van der Waals surface area (Å²) < 4.78 is 28.3. The highest BCUT2D eigenvalue weighted by molar-refractivity contribution is 5.78. The van der Waals surface area contributed by atoms with Crippen molar-refractivity contribution in [3.63, 3.8) is 0 Å². The lowest BCUT2D eigenvalue weighted by molar-refractivity contribution is -0.384. The Kier molecular flexibility index (Phi) is 5.78. The van der Waals surface area contributed by atoms with Gasteiger partial charge in [0.1, 0.15) is 5.75 Å². The largest absolute Gasteiger partial charge is 0.435 e.